The van der Waals surface area contributed by atoms with Gasteiger partial charge in [-0.25, -0.2) is 4.98 Å². The van der Waals surface area contributed by atoms with Gasteiger partial charge in [0.1, 0.15) is 5.82 Å². The van der Waals surface area contributed by atoms with Crippen LogP contribution in [0.5, 0.6) is 0 Å². The highest BCUT2D eigenvalue weighted by Crippen LogP contribution is 2.22. The Morgan fingerprint density at radius 2 is 2.19 bits per heavy atom. The van der Waals surface area contributed by atoms with Crippen molar-refractivity contribution in [3.63, 3.8) is 0 Å². The van der Waals surface area contributed by atoms with Gasteiger partial charge in [-0.3, -0.25) is 4.79 Å². The lowest BCUT2D eigenvalue weighted by atomic mass is 10.0. The molecule has 0 spiro atoms. The number of primary amides is 1. The second kappa shape index (κ2) is 5.49. The molecular formula is C12H19N3O. The quantitative estimate of drug-likeness (QED) is 0.797. The second-order valence-electron chi connectivity index (χ2n) is 4.31. The van der Waals surface area contributed by atoms with E-state index in [1.807, 2.05) is 19.1 Å². The van der Waals surface area contributed by atoms with Crippen LogP contribution in [-0.2, 0) is 4.79 Å². The number of hydrogen-bond donors (Lipinski definition) is 2. The third kappa shape index (κ3) is 3.53. The first-order valence-electron chi connectivity index (χ1n) is 5.50. The summed E-state index contributed by atoms with van der Waals surface area (Å²) in [5.41, 5.74) is 6.30. The minimum Gasteiger partial charge on any atom is -0.370 e. The van der Waals surface area contributed by atoms with Crippen LogP contribution in [0.4, 0.5) is 5.82 Å². The van der Waals surface area contributed by atoms with Gasteiger partial charge in [-0.1, -0.05) is 19.9 Å². The van der Waals surface area contributed by atoms with Crippen LogP contribution in [-0.4, -0.2) is 16.9 Å². The van der Waals surface area contributed by atoms with Crippen LogP contribution in [0.2, 0.25) is 0 Å². The van der Waals surface area contributed by atoms with Gasteiger partial charge in [0.25, 0.3) is 0 Å². The molecule has 88 valence electrons. The number of anilines is 1. The number of rotatable bonds is 5. The molecule has 0 bridgehead atoms. The molecule has 1 heterocycles. The van der Waals surface area contributed by atoms with Crippen molar-refractivity contribution in [3.8, 4) is 0 Å². The van der Waals surface area contributed by atoms with Crippen molar-refractivity contribution in [2.24, 2.45) is 5.73 Å². The molecule has 0 aliphatic carbocycles. The van der Waals surface area contributed by atoms with Gasteiger partial charge in [0.2, 0.25) is 5.91 Å². The third-order valence-corrected chi connectivity index (χ3v) is 2.35. The molecule has 0 fully saturated rings. The smallest absolute Gasteiger partial charge is 0.219 e. The lowest BCUT2D eigenvalue weighted by molar-refractivity contribution is -0.118. The first-order chi connectivity index (χ1) is 7.50. The zero-order chi connectivity index (χ0) is 12.1. The Kier molecular flexibility index (Phi) is 4.28. The van der Waals surface area contributed by atoms with Crippen molar-refractivity contribution in [3.05, 3.63) is 23.9 Å². The molecule has 1 unspecified atom stereocenters. The first-order valence-corrected chi connectivity index (χ1v) is 5.50. The molecule has 4 nitrogen and oxygen atoms in total. The largest absolute Gasteiger partial charge is 0.370 e. The van der Waals surface area contributed by atoms with Crippen molar-refractivity contribution in [1.29, 1.82) is 0 Å². The number of carbonyl (C=O) groups excluding carboxylic acids is 1. The van der Waals surface area contributed by atoms with Crippen LogP contribution in [0.1, 0.15) is 38.7 Å². The number of nitrogens with zero attached hydrogens (tertiary/aromatic N) is 1. The van der Waals surface area contributed by atoms with Crippen molar-refractivity contribution in [1.82, 2.24) is 4.98 Å². The number of nitrogens with two attached hydrogens (primary N) is 1. The topological polar surface area (TPSA) is 68.0 Å². The maximum atomic E-state index is 10.8. The summed E-state index contributed by atoms with van der Waals surface area (Å²) in [6, 6.07) is 3.96. The lowest BCUT2D eigenvalue weighted by Crippen LogP contribution is -2.25. The predicted octanol–water partition coefficient (Wildman–Crippen LogP) is 1.88. The maximum Gasteiger partial charge on any atom is 0.219 e. The first kappa shape index (κ1) is 12.5. The molecule has 0 aliphatic heterocycles. The third-order valence-electron chi connectivity index (χ3n) is 2.35. The van der Waals surface area contributed by atoms with E-state index in [9.17, 15) is 4.79 Å². The Morgan fingerprint density at radius 1 is 1.50 bits per heavy atom. The highest BCUT2D eigenvalue weighted by molar-refractivity contribution is 5.74. The van der Waals surface area contributed by atoms with Crippen LogP contribution >= 0.6 is 0 Å². The Morgan fingerprint density at radius 3 is 2.75 bits per heavy atom. The molecule has 1 rings (SSSR count). The summed E-state index contributed by atoms with van der Waals surface area (Å²) in [6.07, 6.45) is 2.05. The van der Waals surface area contributed by atoms with E-state index in [-0.39, 0.29) is 11.9 Å². The Balaban J connectivity index is 2.76. The monoisotopic (exact) mass is 221 g/mol. The average molecular weight is 221 g/mol. The van der Waals surface area contributed by atoms with E-state index in [2.05, 4.69) is 24.1 Å². The summed E-state index contributed by atoms with van der Waals surface area (Å²) in [7, 11) is 0. The van der Waals surface area contributed by atoms with Gasteiger partial charge in [-0.2, -0.15) is 0 Å². The van der Waals surface area contributed by atoms with Gasteiger partial charge in [0.05, 0.1) is 0 Å². The summed E-state index contributed by atoms with van der Waals surface area (Å²) in [5.74, 6) is 0.935. The van der Waals surface area contributed by atoms with E-state index < -0.39 is 0 Å². The summed E-state index contributed by atoms with van der Waals surface area (Å²) >= 11 is 0. The van der Waals surface area contributed by atoms with Crippen LogP contribution in [0, 0.1) is 0 Å². The van der Waals surface area contributed by atoms with Crippen molar-refractivity contribution in [2.75, 3.05) is 5.32 Å². The maximum absolute atomic E-state index is 10.8. The molecule has 0 saturated carbocycles. The summed E-state index contributed by atoms with van der Waals surface area (Å²) in [6.45, 7) is 6.14. The van der Waals surface area contributed by atoms with Gasteiger partial charge >= 0.3 is 0 Å². The Bertz CT molecular complexity index is 363. The van der Waals surface area contributed by atoms with E-state index in [4.69, 9.17) is 5.73 Å². The van der Waals surface area contributed by atoms with E-state index in [0.29, 0.717) is 12.3 Å². The molecule has 0 aromatic carbocycles. The van der Waals surface area contributed by atoms with Crippen molar-refractivity contribution in [2.45, 2.75) is 39.2 Å². The van der Waals surface area contributed by atoms with Gasteiger partial charge < -0.3 is 11.1 Å². The summed E-state index contributed by atoms with van der Waals surface area (Å²) < 4.78 is 0. The number of nitrogens with one attached hydrogen (secondary N) is 1. The molecule has 1 amide bonds. The van der Waals surface area contributed by atoms with Crippen LogP contribution in [0.25, 0.3) is 0 Å². The number of aromatic nitrogens is 1. The molecule has 3 N–H and O–H groups in total. The van der Waals surface area contributed by atoms with E-state index in [1.54, 1.807) is 6.20 Å². The minimum absolute atomic E-state index is 0.00454. The van der Waals surface area contributed by atoms with E-state index in [0.717, 1.165) is 11.4 Å². The number of carbonyl (C=O) groups is 1. The van der Waals surface area contributed by atoms with E-state index in [1.165, 1.54) is 0 Å². The van der Waals surface area contributed by atoms with E-state index >= 15 is 0 Å². The molecule has 4 heteroatoms. The van der Waals surface area contributed by atoms with Gasteiger partial charge in [-0.05, 0) is 24.5 Å². The lowest BCUT2D eigenvalue weighted by Gasteiger charge is -2.17. The predicted molar refractivity (Wildman–Crippen MR) is 65.2 cm³/mol. The second-order valence-corrected chi connectivity index (χ2v) is 4.31. The molecule has 1 aromatic rings. The molecule has 1 aromatic heterocycles. The van der Waals surface area contributed by atoms with Gasteiger partial charge in [0.15, 0.2) is 0 Å². The molecule has 16 heavy (non-hydrogen) atoms. The van der Waals surface area contributed by atoms with Crippen LogP contribution < -0.4 is 11.1 Å². The van der Waals surface area contributed by atoms with Crippen LogP contribution in [0.15, 0.2) is 18.3 Å². The fourth-order valence-corrected chi connectivity index (χ4v) is 1.59. The van der Waals surface area contributed by atoms with Gasteiger partial charge in [0, 0.05) is 18.7 Å². The minimum atomic E-state index is -0.304. The molecular weight excluding hydrogens is 202 g/mol. The Hall–Kier alpha value is -1.58. The highest BCUT2D eigenvalue weighted by atomic mass is 16.1. The standard InChI is InChI=1S/C12H19N3O/c1-8(2)10-5-4-6-14-12(10)15-9(3)7-11(13)16/h4-6,8-9H,7H2,1-3H3,(H2,13,16)(H,14,15). The zero-order valence-corrected chi connectivity index (χ0v) is 10.0. The van der Waals surface area contributed by atoms with Crippen LogP contribution in [0.3, 0.4) is 0 Å². The van der Waals surface area contributed by atoms with Crippen molar-refractivity contribution >= 4 is 11.7 Å². The molecule has 0 aliphatic rings. The van der Waals surface area contributed by atoms with Crippen molar-refractivity contribution < 1.29 is 4.79 Å². The molecule has 0 saturated heterocycles. The number of amides is 1. The normalized spacial score (nSPS) is 12.5. The number of hydrogen-bond acceptors (Lipinski definition) is 3. The Labute approximate surface area is 96.3 Å². The molecule has 1 atom stereocenters. The SMILES string of the molecule is CC(CC(N)=O)Nc1ncccc1C(C)C. The van der Waals surface area contributed by atoms with Gasteiger partial charge in [-0.15, -0.1) is 0 Å². The number of pyridine rings is 1. The summed E-state index contributed by atoms with van der Waals surface area (Å²) in [5, 5.41) is 3.21. The fraction of sp³-hybridized carbons (Fsp3) is 0.500. The summed E-state index contributed by atoms with van der Waals surface area (Å²) in [4.78, 5) is 15.1. The zero-order valence-electron chi connectivity index (χ0n) is 10.0. The molecule has 0 radical (unpaired) electrons. The highest BCUT2D eigenvalue weighted by Gasteiger charge is 2.11. The fourth-order valence-electron chi connectivity index (χ4n) is 1.59. The average Bonchev–Trinajstić information content (AvgIpc) is 2.16.